The molecule has 0 aliphatic rings. The summed E-state index contributed by atoms with van der Waals surface area (Å²) in [6.07, 6.45) is 3.46. The highest BCUT2D eigenvalue weighted by Crippen LogP contribution is 2.05. The van der Waals surface area contributed by atoms with E-state index in [1.807, 2.05) is 0 Å². The van der Waals surface area contributed by atoms with E-state index in [2.05, 4.69) is 0 Å². The molecule has 4 nitrogen and oxygen atoms in total. The highest BCUT2D eigenvalue weighted by atomic mass is 16.4. The lowest BCUT2D eigenvalue weighted by Gasteiger charge is -2.01. The van der Waals surface area contributed by atoms with Gasteiger partial charge in [0.25, 0.3) is 0 Å². The van der Waals surface area contributed by atoms with Crippen LogP contribution >= 0.6 is 0 Å². The molecular weight excluding hydrogens is 172 g/mol. The Morgan fingerprint density at radius 1 is 1.23 bits per heavy atom. The zero-order chi connectivity index (χ0) is 10.4. The summed E-state index contributed by atoms with van der Waals surface area (Å²) in [7, 11) is 0. The van der Waals surface area contributed by atoms with Crippen LogP contribution in [0.25, 0.3) is 0 Å². The molecule has 0 amide bonds. The van der Waals surface area contributed by atoms with Crippen molar-refractivity contribution in [3.63, 3.8) is 0 Å². The molecule has 0 spiro atoms. The topological polar surface area (TPSA) is 74.6 Å². The minimum Gasteiger partial charge on any atom is -0.481 e. The van der Waals surface area contributed by atoms with Gasteiger partial charge in [0.2, 0.25) is 0 Å². The number of hydrogen-bond acceptors (Lipinski definition) is 2. The van der Waals surface area contributed by atoms with E-state index in [1.54, 1.807) is 19.9 Å². The molecule has 0 aliphatic heterocycles. The molecule has 0 heterocycles. The summed E-state index contributed by atoms with van der Waals surface area (Å²) in [4.78, 5) is 20.7. The van der Waals surface area contributed by atoms with Crippen LogP contribution in [-0.2, 0) is 9.59 Å². The summed E-state index contributed by atoms with van der Waals surface area (Å²) in [5, 5.41) is 17.0. The van der Waals surface area contributed by atoms with E-state index in [0.717, 1.165) is 0 Å². The number of carbonyl (C=O) groups is 2. The second-order valence-corrected chi connectivity index (χ2v) is 3.03. The Balaban J connectivity index is 3.88. The maximum absolute atomic E-state index is 10.4. The van der Waals surface area contributed by atoms with Gasteiger partial charge in [0.15, 0.2) is 0 Å². The van der Waals surface area contributed by atoms with E-state index in [-0.39, 0.29) is 0 Å². The minimum atomic E-state index is -0.903. The Bertz CT molecular complexity index is 220. The van der Waals surface area contributed by atoms with Crippen LogP contribution in [0.15, 0.2) is 12.2 Å². The largest absolute Gasteiger partial charge is 0.481 e. The lowest BCUT2D eigenvalue weighted by molar-refractivity contribution is -0.141. The Morgan fingerprint density at radius 2 is 1.77 bits per heavy atom. The van der Waals surface area contributed by atoms with Gasteiger partial charge >= 0.3 is 11.9 Å². The molecule has 2 atom stereocenters. The van der Waals surface area contributed by atoms with E-state index < -0.39 is 23.8 Å². The number of aliphatic carboxylic acids is 2. The molecular formula is C9H14O4. The molecule has 0 saturated carbocycles. The van der Waals surface area contributed by atoms with Gasteiger partial charge in [-0.2, -0.15) is 0 Å². The van der Waals surface area contributed by atoms with Gasteiger partial charge in [-0.25, -0.2) is 0 Å². The zero-order valence-electron chi connectivity index (χ0n) is 7.73. The van der Waals surface area contributed by atoms with Gasteiger partial charge in [0.05, 0.1) is 11.8 Å². The molecule has 0 aromatic rings. The predicted molar refractivity (Wildman–Crippen MR) is 47.4 cm³/mol. The number of hydrogen-bond donors (Lipinski definition) is 2. The minimum absolute atomic E-state index is 0.368. The first-order chi connectivity index (χ1) is 5.95. The monoisotopic (exact) mass is 186 g/mol. The van der Waals surface area contributed by atoms with Gasteiger partial charge < -0.3 is 10.2 Å². The van der Waals surface area contributed by atoms with Crippen molar-refractivity contribution in [1.29, 1.82) is 0 Å². The van der Waals surface area contributed by atoms with Crippen LogP contribution in [0.5, 0.6) is 0 Å². The van der Waals surface area contributed by atoms with Gasteiger partial charge in [-0.1, -0.05) is 19.1 Å². The van der Waals surface area contributed by atoms with E-state index in [1.165, 1.54) is 6.08 Å². The van der Waals surface area contributed by atoms with E-state index in [4.69, 9.17) is 10.2 Å². The third-order valence-corrected chi connectivity index (χ3v) is 1.73. The molecule has 74 valence electrons. The van der Waals surface area contributed by atoms with Crippen molar-refractivity contribution >= 4 is 11.9 Å². The van der Waals surface area contributed by atoms with E-state index in [9.17, 15) is 9.59 Å². The fourth-order valence-corrected chi connectivity index (χ4v) is 0.670. The molecule has 0 fully saturated rings. The number of carboxylic acids is 2. The Kier molecular flexibility index (Phi) is 4.80. The predicted octanol–water partition coefficient (Wildman–Crippen LogP) is 1.37. The summed E-state index contributed by atoms with van der Waals surface area (Å²) in [6.45, 7) is 3.13. The van der Waals surface area contributed by atoms with Crippen molar-refractivity contribution in [2.24, 2.45) is 11.8 Å². The number of rotatable bonds is 5. The highest BCUT2D eigenvalue weighted by Gasteiger charge is 2.09. The number of allylic oxidation sites excluding steroid dienone is 1. The summed E-state index contributed by atoms with van der Waals surface area (Å²) in [5.41, 5.74) is 0. The van der Waals surface area contributed by atoms with Crippen LogP contribution < -0.4 is 0 Å². The summed E-state index contributed by atoms with van der Waals surface area (Å²) in [5.74, 6) is -2.79. The van der Waals surface area contributed by atoms with Crippen LogP contribution in [0.1, 0.15) is 20.3 Å². The molecule has 13 heavy (non-hydrogen) atoms. The molecule has 0 aromatic carbocycles. The van der Waals surface area contributed by atoms with Gasteiger partial charge in [-0.3, -0.25) is 9.59 Å². The Labute approximate surface area is 76.9 Å². The van der Waals surface area contributed by atoms with Crippen molar-refractivity contribution in [2.75, 3.05) is 0 Å². The highest BCUT2D eigenvalue weighted by molar-refractivity contribution is 5.71. The first kappa shape index (κ1) is 11.7. The van der Waals surface area contributed by atoms with Crippen LogP contribution in [0.3, 0.4) is 0 Å². The van der Waals surface area contributed by atoms with Gasteiger partial charge in [0, 0.05) is 0 Å². The number of carboxylic acid groups (broad SMARTS) is 2. The van der Waals surface area contributed by atoms with Gasteiger partial charge in [-0.15, -0.1) is 0 Å². The van der Waals surface area contributed by atoms with Crippen LogP contribution in [-0.4, -0.2) is 22.2 Å². The normalized spacial score (nSPS) is 15.5. The summed E-state index contributed by atoms with van der Waals surface area (Å²) in [6, 6.07) is 0. The first-order valence-corrected chi connectivity index (χ1v) is 4.07. The average Bonchev–Trinajstić information content (AvgIpc) is 2.03. The smallest absolute Gasteiger partial charge is 0.310 e. The Morgan fingerprint density at radius 3 is 2.15 bits per heavy atom. The lowest BCUT2D eigenvalue weighted by atomic mass is 10.1. The molecule has 4 heteroatoms. The van der Waals surface area contributed by atoms with Crippen molar-refractivity contribution in [1.82, 2.24) is 0 Å². The van der Waals surface area contributed by atoms with Crippen molar-refractivity contribution in [3.05, 3.63) is 12.2 Å². The quantitative estimate of drug-likeness (QED) is 0.636. The SMILES string of the molecule is CC(C=CCC(C)C(=O)O)C(=O)O. The molecule has 2 unspecified atom stereocenters. The van der Waals surface area contributed by atoms with Crippen LogP contribution in [0, 0.1) is 11.8 Å². The second kappa shape index (κ2) is 5.35. The molecule has 0 bridgehead atoms. The summed E-state index contributed by atoms with van der Waals surface area (Å²) >= 11 is 0. The third kappa shape index (κ3) is 5.00. The molecule has 0 aliphatic carbocycles. The molecule has 0 aromatic heterocycles. The van der Waals surface area contributed by atoms with Gasteiger partial charge in [0.1, 0.15) is 0 Å². The van der Waals surface area contributed by atoms with Crippen molar-refractivity contribution in [3.8, 4) is 0 Å². The molecule has 0 rings (SSSR count). The van der Waals surface area contributed by atoms with E-state index >= 15 is 0 Å². The molecule has 0 radical (unpaired) electrons. The van der Waals surface area contributed by atoms with Crippen molar-refractivity contribution < 1.29 is 19.8 Å². The van der Waals surface area contributed by atoms with Crippen LogP contribution in [0.2, 0.25) is 0 Å². The molecule has 2 N–H and O–H groups in total. The average molecular weight is 186 g/mol. The fraction of sp³-hybridized carbons (Fsp3) is 0.556. The van der Waals surface area contributed by atoms with Crippen molar-refractivity contribution in [2.45, 2.75) is 20.3 Å². The Hall–Kier alpha value is -1.32. The third-order valence-electron chi connectivity index (χ3n) is 1.73. The van der Waals surface area contributed by atoms with Crippen LogP contribution in [0.4, 0.5) is 0 Å². The second-order valence-electron chi connectivity index (χ2n) is 3.03. The lowest BCUT2D eigenvalue weighted by Crippen LogP contribution is -2.09. The standard InChI is InChI=1S/C9H14O4/c1-6(8(10)11)4-3-5-7(2)9(12)13/h3-4,6-7H,5H2,1-2H3,(H,10,11)(H,12,13). The fourth-order valence-electron chi connectivity index (χ4n) is 0.670. The zero-order valence-corrected chi connectivity index (χ0v) is 7.73. The summed E-state index contributed by atoms with van der Waals surface area (Å²) < 4.78 is 0. The van der Waals surface area contributed by atoms with Gasteiger partial charge in [-0.05, 0) is 13.3 Å². The maximum Gasteiger partial charge on any atom is 0.310 e. The maximum atomic E-state index is 10.4. The van der Waals surface area contributed by atoms with E-state index in [0.29, 0.717) is 6.42 Å². The first-order valence-electron chi connectivity index (χ1n) is 4.07. The molecule has 0 saturated heterocycles.